The van der Waals surface area contributed by atoms with Gasteiger partial charge in [0.25, 0.3) is 0 Å². The largest absolute Gasteiger partial charge is 0.550 e. The van der Waals surface area contributed by atoms with Crippen molar-refractivity contribution < 1.29 is 18.4 Å². The van der Waals surface area contributed by atoms with Crippen LogP contribution >= 0.6 is 0 Å². The smallest absolute Gasteiger partial charge is 0.303 e. The van der Waals surface area contributed by atoms with Crippen LogP contribution in [-0.4, -0.2) is 35.8 Å². The fourth-order valence-electron chi connectivity index (χ4n) is 6.97. The van der Waals surface area contributed by atoms with E-state index in [-0.39, 0.29) is 40.2 Å². The summed E-state index contributed by atoms with van der Waals surface area (Å²) < 4.78 is 20.0. The topological polar surface area (TPSA) is 44.8 Å². The van der Waals surface area contributed by atoms with Gasteiger partial charge in [0.05, 0.1) is 5.76 Å². The molecule has 0 bridgehead atoms. The number of hydrogen-bond donors (Lipinski definition) is 0. The van der Waals surface area contributed by atoms with E-state index in [0.717, 1.165) is 24.8 Å². The highest BCUT2D eigenvalue weighted by Crippen LogP contribution is 2.64. The van der Waals surface area contributed by atoms with Gasteiger partial charge >= 0.3 is 5.97 Å². The van der Waals surface area contributed by atoms with Crippen LogP contribution in [0.3, 0.4) is 0 Å². The first-order chi connectivity index (χ1) is 17.3. The third-order valence-corrected chi connectivity index (χ3v) is 11.0. The summed E-state index contributed by atoms with van der Waals surface area (Å²) in [6.45, 7) is 33.9. The molecule has 2 saturated carbocycles. The first-order valence-electron chi connectivity index (χ1n) is 15.2. The SMILES string of the molecule is C=C1C[C@H]2[C@@H](C(=CC(C)(CCCCC)C(C)(C)C)O[SiH](C)C)[C@H](C(C)(C)C)C[C@@]2(O[SiH](C)C)C1OC(C)=O. The van der Waals surface area contributed by atoms with Crippen LogP contribution in [-0.2, 0) is 18.4 Å². The molecule has 220 valence electrons. The van der Waals surface area contributed by atoms with Crippen LogP contribution in [0.1, 0.15) is 101 Å². The summed E-state index contributed by atoms with van der Waals surface area (Å²) in [6.07, 6.45) is 8.70. The lowest BCUT2D eigenvalue weighted by Crippen LogP contribution is -2.48. The van der Waals surface area contributed by atoms with Crippen LogP contribution in [0.15, 0.2) is 24.0 Å². The molecule has 0 aromatic heterocycles. The number of allylic oxidation sites excluding steroid dienone is 2. The molecule has 4 nitrogen and oxygen atoms in total. The maximum atomic E-state index is 12.3. The average Bonchev–Trinajstić information content (AvgIpc) is 3.16. The molecule has 2 unspecified atom stereocenters. The molecule has 2 fully saturated rings. The maximum Gasteiger partial charge on any atom is 0.303 e. The summed E-state index contributed by atoms with van der Waals surface area (Å²) in [5.74, 6) is 1.68. The highest BCUT2D eigenvalue weighted by atomic mass is 28.3. The van der Waals surface area contributed by atoms with Crippen molar-refractivity contribution in [2.75, 3.05) is 0 Å². The second kappa shape index (κ2) is 12.3. The van der Waals surface area contributed by atoms with Gasteiger partial charge in [0.1, 0.15) is 5.60 Å². The highest BCUT2D eigenvalue weighted by molar-refractivity contribution is 6.49. The second-order valence-corrected chi connectivity index (χ2v) is 19.8. The number of carbonyl (C=O) groups excluding carboxylic acids is 1. The summed E-state index contributed by atoms with van der Waals surface area (Å²) in [7, 11) is -2.85. The Bertz CT molecular complexity index is 866. The van der Waals surface area contributed by atoms with E-state index < -0.39 is 23.7 Å². The molecule has 0 aromatic rings. The first-order valence-corrected chi connectivity index (χ1v) is 20.8. The van der Waals surface area contributed by atoms with Crippen LogP contribution in [0.5, 0.6) is 0 Å². The number of carbonyl (C=O) groups is 1. The molecule has 0 aromatic carbocycles. The predicted octanol–water partition coefficient (Wildman–Crippen LogP) is 8.43. The molecule has 0 saturated heterocycles. The third kappa shape index (κ3) is 7.26. The molecule has 0 heterocycles. The quantitative estimate of drug-likeness (QED) is 0.0830. The van der Waals surface area contributed by atoms with E-state index >= 15 is 0 Å². The summed E-state index contributed by atoms with van der Waals surface area (Å²) in [6, 6.07) is 0. The van der Waals surface area contributed by atoms with Gasteiger partial charge in [-0.2, -0.15) is 0 Å². The van der Waals surface area contributed by atoms with Crippen LogP contribution < -0.4 is 0 Å². The van der Waals surface area contributed by atoms with E-state index in [0.29, 0.717) is 5.92 Å². The molecule has 6 heteroatoms. The number of hydrogen-bond acceptors (Lipinski definition) is 4. The van der Waals surface area contributed by atoms with Crippen LogP contribution in [0, 0.1) is 34.0 Å². The summed E-state index contributed by atoms with van der Waals surface area (Å²) in [5, 5.41) is 0. The van der Waals surface area contributed by atoms with E-state index in [2.05, 4.69) is 94.2 Å². The van der Waals surface area contributed by atoms with E-state index in [4.69, 9.17) is 13.6 Å². The van der Waals surface area contributed by atoms with Crippen LogP contribution in [0.2, 0.25) is 26.2 Å². The van der Waals surface area contributed by atoms with Gasteiger partial charge in [0.15, 0.2) is 15.1 Å². The second-order valence-electron chi connectivity index (χ2n) is 15.1. The highest BCUT2D eigenvalue weighted by Gasteiger charge is 2.66. The number of unbranched alkanes of at least 4 members (excludes halogenated alkanes) is 2. The molecule has 2 aliphatic rings. The fraction of sp³-hybridized carbons (Fsp3) is 0.844. The maximum absolute atomic E-state index is 12.3. The van der Waals surface area contributed by atoms with Crippen molar-refractivity contribution in [3.63, 3.8) is 0 Å². The molecule has 38 heavy (non-hydrogen) atoms. The van der Waals surface area contributed by atoms with E-state index in [1.165, 1.54) is 31.9 Å². The van der Waals surface area contributed by atoms with Crippen LogP contribution in [0.25, 0.3) is 0 Å². The van der Waals surface area contributed by atoms with Gasteiger partial charge in [-0.3, -0.25) is 4.79 Å². The van der Waals surface area contributed by atoms with Gasteiger partial charge in [0.2, 0.25) is 9.04 Å². The Morgan fingerprint density at radius 1 is 1.05 bits per heavy atom. The van der Waals surface area contributed by atoms with E-state index in [1.54, 1.807) is 0 Å². The van der Waals surface area contributed by atoms with Gasteiger partial charge in [-0.05, 0) is 79.3 Å². The molecule has 6 atom stereocenters. The lowest BCUT2D eigenvalue weighted by atomic mass is 9.63. The minimum absolute atomic E-state index is 0.00698. The van der Waals surface area contributed by atoms with Gasteiger partial charge in [-0.1, -0.05) is 81.2 Å². The van der Waals surface area contributed by atoms with Gasteiger partial charge in [-0.15, -0.1) is 0 Å². The minimum atomic E-state index is -1.46. The average molecular weight is 565 g/mol. The third-order valence-electron chi connectivity index (χ3n) is 9.36. The zero-order valence-electron chi connectivity index (χ0n) is 27.1. The molecule has 0 spiro atoms. The Morgan fingerprint density at radius 3 is 2.11 bits per heavy atom. The van der Waals surface area contributed by atoms with Crippen molar-refractivity contribution in [1.82, 2.24) is 0 Å². The lowest BCUT2D eigenvalue weighted by molar-refractivity contribution is -0.155. The standard InChI is InChI=1S/C32H60O4Si2/c1-15-16-17-18-31(10,30(7,8)9)21-26(35-37(11)12)27-24-19-22(2)28(34-23(3)33)32(24,36-38(13)14)20-25(27)29(4,5)6/h21,24-25,27-28,37-38H,2,15-20H2,1,3-14H3/t24-,25+,27+,28?,31?,32-/m0/s1. The van der Waals surface area contributed by atoms with E-state index in [1.807, 2.05) is 0 Å². The van der Waals surface area contributed by atoms with Crippen LogP contribution in [0.4, 0.5) is 0 Å². The molecule has 2 rings (SSSR count). The van der Waals surface area contributed by atoms with Crippen molar-refractivity contribution >= 4 is 24.0 Å². The van der Waals surface area contributed by atoms with E-state index in [9.17, 15) is 4.79 Å². The molecule has 0 radical (unpaired) electrons. The van der Waals surface area contributed by atoms with Crippen molar-refractivity contribution in [3.8, 4) is 0 Å². The molecular formula is C32H60O4Si2. The number of ether oxygens (including phenoxy) is 1. The molecule has 0 amide bonds. The Labute approximate surface area is 238 Å². The fourth-order valence-corrected chi connectivity index (χ4v) is 9.01. The molecule has 0 N–H and O–H groups in total. The van der Waals surface area contributed by atoms with Crippen molar-refractivity contribution in [1.29, 1.82) is 0 Å². The monoisotopic (exact) mass is 564 g/mol. The summed E-state index contributed by atoms with van der Waals surface area (Å²) in [4.78, 5) is 12.3. The zero-order valence-corrected chi connectivity index (χ0v) is 29.4. The number of rotatable bonds is 11. The van der Waals surface area contributed by atoms with Gasteiger partial charge in [-0.25, -0.2) is 0 Å². The van der Waals surface area contributed by atoms with Gasteiger partial charge < -0.3 is 13.6 Å². The first kappa shape index (κ1) is 33.4. The van der Waals surface area contributed by atoms with Crippen molar-refractivity contribution in [2.45, 2.75) is 139 Å². The summed E-state index contributed by atoms with van der Waals surface area (Å²) in [5.41, 5.74) is 0.634. The molecular weight excluding hydrogens is 505 g/mol. The molecule has 2 aliphatic carbocycles. The Kier molecular flexibility index (Phi) is 10.8. The normalized spacial score (nSPS) is 30.1. The minimum Gasteiger partial charge on any atom is -0.550 e. The molecule has 0 aliphatic heterocycles. The Morgan fingerprint density at radius 2 is 1.66 bits per heavy atom. The Balaban J connectivity index is 2.78. The number of esters is 1. The lowest BCUT2D eigenvalue weighted by Gasteiger charge is -2.43. The predicted molar refractivity (Wildman–Crippen MR) is 166 cm³/mol. The number of fused-ring (bicyclic) bond motifs is 1. The summed E-state index contributed by atoms with van der Waals surface area (Å²) >= 11 is 0. The van der Waals surface area contributed by atoms with Crippen molar-refractivity contribution in [2.24, 2.45) is 34.0 Å². The zero-order chi connectivity index (χ0) is 29.3. The van der Waals surface area contributed by atoms with Crippen molar-refractivity contribution in [3.05, 3.63) is 24.0 Å². The van der Waals surface area contributed by atoms with Gasteiger partial charge in [0, 0.05) is 18.8 Å². The Hall–Kier alpha value is -0.856.